The third kappa shape index (κ3) is 7.43. The number of fused-ring (bicyclic) bond motifs is 1. The number of halogens is 1. The van der Waals surface area contributed by atoms with Gasteiger partial charge in [0, 0.05) is 73.5 Å². The Morgan fingerprint density at radius 1 is 1.12 bits per heavy atom. The highest BCUT2D eigenvalue weighted by atomic mass is 19.1. The van der Waals surface area contributed by atoms with Crippen LogP contribution in [0.4, 0.5) is 21.7 Å². The third-order valence-electron chi connectivity index (χ3n) is 7.27. The molecule has 2 fully saturated rings. The number of aryl methyl sites for hydroxylation is 1. The molecule has 0 bridgehead atoms. The van der Waals surface area contributed by atoms with Gasteiger partial charge in [0.1, 0.15) is 11.6 Å². The summed E-state index contributed by atoms with van der Waals surface area (Å²) in [5.41, 5.74) is 4.53. The van der Waals surface area contributed by atoms with Gasteiger partial charge >= 0.3 is 6.01 Å². The van der Waals surface area contributed by atoms with Gasteiger partial charge in [0.25, 0.3) is 0 Å². The Morgan fingerprint density at radius 2 is 1.86 bits per heavy atom. The molecular formula is C33H41FN8O. The van der Waals surface area contributed by atoms with Crippen LogP contribution in [0.3, 0.4) is 0 Å². The maximum Gasteiger partial charge on any atom is 0.326 e. The van der Waals surface area contributed by atoms with Gasteiger partial charge in [-0.25, -0.2) is 4.39 Å². The Morgan fingerprint density at radius 3 is 2.53 bits per heavy atom. The Labute approximate surface area is 252 Å². The van der Waals surface area contributed by atoms with E-state index in [9.17, 15) is 0 Å². The quantitative estimate of drug-likeness (QED) is 0.186. The van der Waals surface area contributed by atoms with E-state index >= 15 is 4.39 Å². The highest BCUT2D eigenvalue weighted by molar-refractivity contribution is 5.82. The van der Waals surface area contributed by atoms with Gasteiger partial charge in [0.2, 0.25) is 0 Å². The molecule has 1 saturated heterocycles. The molecule has 3 N–H and O–H groups in total. The molecule has 1 saturated carbocycles. The summed E-state index contributed by atoms with van der Waals surface area (Å²) >= 11 is 0. The lowest BCUT2D eigenvalue weighted by atomic mass is 10.2. The summed E-state index contributed by atoms with van der Waals surface area (Å²) in [6.45, 7) is 13.5. The Hall–Kier alpha value is -4.60. The minimum atomic E-state index is -0.453. The summed E-state index contributed by atoms with van der Waals surface area (Å²) in [6.07, 6.45) is 9.27. The van der Waals surface area contributed by atoms with Crippen LogP contribution >= 0.6 is 0 Å². The maximum atomic E-state index is 15.3. The number of rotatable bonds is 9. The molecular weight excluding hydrogens is 543 g/mol. The molecule has 0 unspecified atom stereocenters. The number of nitrogens with one attached hydrogen (secondary N) is 3. The lowest BCUT2D eigenvalue weighted by Crippen LogP contribution is -2.46. The van der Waals surface area contributed by atoms with Crippen molar-refractivity contribution in [3.8, 4) is 11.8 Å². The van der Waals surface area contributed by atoms with E-state index in [1.807, 2.05) is 38.4 Å². The van der Waals surface area contributed by atoms with Crippen LogP contribution in [0.1, 0.15) is 38.8 Å². The Bertz CT molecular complexity index is 1570. The minimum Gasteiger partial charge on any atom is -0.421 e. The molecule has 0 radical (unpaired) electrons. The molecule has 4 heterocycles. The van der Waals surface area contributed by atoms with Crippen LogP contribution in [-0.2, 0) is 0 Å². The normalized spacial score (nSPS) is 15.1. The summed E-state index contributed by atoms with van der Waals surface area (Å²) < 4.78 is 21.3. The van der Waals surface area contributed by atoms with Gasteiger partial charge in [-0.1, -0.05) is 26.8 Å². The SMILES string of the molecule is C=C(/C=C(\NC)C1CC1)Nc1cc(N2CCN(c3cccnc3)CC2)nc(Oc2ccc3[nH]c(C)cc3c2F)n1.CCC. The summed E-state index contributed by atoms with van der Waals surface area (Å²) in [6, 6.07) is 11.1. The molecule has 1 aromatic carbocycles. The monoisotopic (exact) mass is 584 g/mol. The van der Waals surface area contributed by atoms with Crippen LogP contribution in [0.15, 0.2) is 72.8 Å². The van der Waals surface area contributed by atoms with Crippen LogP contribution in [0.5, 0.6) is 11.8 Å². The molecule has 2 aliphatic rings. The summed E-state index contributed by atoms with van der Waals surface area (Å²) in [5, 5.41) is 7.03. The zero-order chi connectivity index (χ0) is 30.3. The van der Waals surface area contributed by atoms with Crippen LogP contribution in [0.25, 0.3) is 10.9 Å². The maximum absolute atomic E-state index is 15.3. The zero-order valence-electron chi connectivity index (χ0n) is 25.5. The fraction of sp³-hybridized carbons (Fsp3) is 0.364. The number of allylic oxidation sites excluding steroid dienone is 2. The summed E-state index contributed by atoms with van der Waals surface area (Å²) in [4.78, 5) is 21.1. The highest BCUT2D eigenvalue weighted by Gasteiger charge is 2.25. The molecule has 226 valence electrons. The van der Waals surface area contributed by atoms with Gasteiger partial charge in [-0.2, -0.15) is 9.97 Å². The minimum absolute atomic E-state index is 0.0630. The van der Waals surface area contributed by atoms with E-state index < -0.39 is 5.82 Å². The molecule has 3 aromatic heterocycles. The van der Waals surface area contributed by atoms with Crippen molar-refractivity contribution in [2.24, 2.45) is 5.92 Å². The van der Waals surface area contributed by atoms with Crippen molar-refractivity contribution in [2.45, 2.75) is 40.0 Å². The predicted octanol–water partition coefficient (Wildman–Crippen LogP) is 6.77. The van der Waals surface area contributed by atoms with Crippen molar-refractivity contribution in [2.75, 3.05) is 48.3 Å². The molecule has 9 nitrogen and oxygen atoms in total. The van der Waals surface area contributed by atoms with Crippen molar-refractivity contribution in [3.63, 3.8) is 0 Å². The number of aromatic nitrogens is 4. The number of pyridine rings is 1. The smallest absolute Gasteiger partial charge is 0.326 e. The first-order chi connectivity index (χ1) is 20.9. The van der Waals surface area contributed by atoms with Crippen molar-refractivity contribution in [1.82, 2.24) is 25.3 Å². The first-order valence-electron chi connectivity index (χ1n) is 15.0. The van der Waals surface area contributed by atoms with Crippen LogP contribution in [0, 0.1) is 18.7 Å². The molecule has 10 heteroatoms. The number of piperazine rings is 1. The number of benzene rings is 1. The van der Waals surface area contributed by atoms with Gasteiger partial charge in [0.15, 0.2) is 11.6 Å². The number of H-pyrrole nitrogens is 1. The second-order valence-corrected chi connectivity index (χ2v) is 11.0. The number of anilines is 3. The van der Waals surface area contributed by atoms with Gasteiger partial charge in [-0.15, -0.1) is 0 Å². The second kappa shape index (κ2) is 13.6. The molecule has 0 amide bonds. The average molecular weight is 585 g/mol. The standard InChI is InChI=1S/C30H33FN8O.C3H8/c1-19-15-23-24(34-19)8-9-26(29(23)31)40-30-36-27(35-20(2)16-25(32-3)21-6-7-21)17-28(37-30)39-13-11-38(12-14-39)22-5-4-10-33-18-22;1-3-2/h4-5,8-10,15-18,21,32,34H,2,6-7,11-14H2,1,3H3,(H,35,36,37);3H2,1-2H3/b25-16-;. The van der Waals surface area contributed by atoms with Crippen molar-refractivity contribution < 1.29 is 9.13 Å². The van der Waals surface area contributed by atoms with E-state index in [0.29, 0.717) is 34.2 Å². The van der Waals surface area contributed by atoms with Crippen LogP contribution < -0.4 is 25.2 Å². The summed E-state index contributed by atoms with van der Waals surface area (Å²) in [5.74, 6) is 1.40. The zero-order valence-corrected chi connectivity index (χ0v) is 25.5. The van der Waals surface area contributed by atoms with Gasteiger partial charge in [-0.05, 0) is 62.1 Å². The molecule has 0 spiro atoms. The van der Waals surface area contributed by atoms with E-state index in [-0.39, 0.29) is 11.8 Å². The second-order valence-electron chi connectivity index (χ2n) is 11.0. The number of hydrogen-bond donors (Lipinski definition) is 3. The number of ether oxygens (including phenoxy) is 1. The molecule has 0 atom stereocenters. The van der Waals surface area contributed by atoms with E-state index in [1.54, 1.807) is 24.4 Å². The van der Waals surface area contributed by atoms with Gasteiger partial charge < -0.3 is 30.2 Å². The number of hydrogen-bond acceptors (Lipinski definition) is 8. The summed E-state index contributed by atoms with van der Waals surface area (Å²) in [7, 11) is 1.93. The molecule has 43 heavy (non-hydrogen) atoms. The van der Waals surface area contributed by atoms with E-state index in [1.165, 1.54) is 19.3 Å². The molecule has 4 aromatic rings. The van der Waals surface area contributed by atoms with Crippen molar-refractivity contribution in [3.05, 3.63) is 84.4 Å². The Balaban J connectivity index is 0.00000118. The average Bonchev–Trinajstić information content (AvgIpc) is 3.78. The van der Waals surface area contributed by atoms with Crippen LogP contribution in [0.2, 0.25) is 0 Å². The van der Waals surface area contributed by atoms with E-state index in [2.05, 4.69) is 66.9 Å². The first-order valence-corrected chi connectivity index (χ1v) is 15.0. The predicted molar refractivity (Wildman–Crippen MR) is 172 cm³/mol. The molecule has 1 aliphatic carbocycles. The van der Waals surface area contributed by atoms with Gasteiger partial charge in [-0.3, -0.25) is 4.98 Å². The Kier molecular flexibility index (Phi) is 9.44. The van der Waals surface area contributed by atoms with E-state index in [4.69, 9.17) is 4.74 Å². The lowest BCUT2D eigenvalue weighted by Gasteiger charge is -2.36. The number of aromatic amines is 1. The third-order valence-corrected chi connectivity index (χ3v) is 7.27. The van der Waals surface area contributed by atoms with E-state index in [0.717, 1.165) is 43.3 Å². The fourth-order valence-electron chi connectivity index (χ4n) is 5.06. The molecule has 6 rings (SSSR count). The van der Waals surface area contributed by atoms with Crippen molar-refractivity contribution in [1.29, 1.82) is 0 Å². The highest BCUT2D eigenvalue weighted by Crippen LogP contribution is 2.35. The van der Waals surface area contributed by atoms with Gasteiger partial charge in [0.05, 0.1) is 11.9 Å². The molecule has 1 aliphatic heterocycles. The fourth-order valence-corrected chi connectivity index (χ4v) is 5.06. The van der Waals surface area contributed by atoms with Crippen molar-refractivity contribution >= 4 is 28.2 Å². The number of nitrogens with zero attached hydrogens (tertiary/aromatic N) is 5. The largest absolute Gasteiger partial charge is 0.421 e. The topological polar surface area (TPSA) is 94.2 Å². The first kappa shape index (κ1) is 29.9. The lowest BCUT2D eigenvalue weighted by molar-refractivity contribution is 0.414. The van der Waals surface area contributed by atoms with Crippen LogP contribution in [-0.4, -0.2) is 53.2 Å².